The number of likely N-dealkylation sites (tertiary alicyclic amines) is 1. The highest BCUT2D eigenvalue weighted by Gasteiger charge is 2.32. The molecule has 5 heteroatoms. The van der Waals surface area contributed by atoms with Crippen molar-refractivity contribution in [2.24, 2.45) is 5.73 Å². The Morgan fingerprint density at radius 1 is 1.33 bits per heavy atom. The monoisotopic (exact) mass is 310 g/mol. The summed E-state index contributed by atoms with van der Waals surface area (Å²) in [6.45, 7) is 6.78. The van der Waals surface area contributed by atoms with Crippen LogP contribution in [0.1, 0.15) is 38.7 Å². The van der Waals surface area contributed by atoms with E-state index in [9.17, 15) is 4.79 Å². The normalized spacial score (nSPS) is 23.0. The van der Waals surface area contributed by atoms with E-state index >= 15 is 0 Å². The highest BCUT2D eigenvalue weighted by Crippen LogP contribution is 2.28. The lowest BCUT2D eigenvalue weighted by Gasteiger charge is -2.37. The van der Waals surface area contributed by atoms with Gasteiger partial charge < -0.3 is 15.4 Å². The number of carbonyl (C=O) groups is 1. The number of nitrogens with zero attached hydrogens (tertiary/aromatic N) is 1. The summed E-state index contributed by atoms with van der Waals surface area (Å²) < 4.78 is 5.40. The molecular formula is C16H23ClN2O2. The van der Waals surface area contributed by atoms with Crippen LogP contribution in [-0.4, -0.2) is 35.7 Å². The number of benzene rings is 1. The first-order valence-corrected chi connectivity index (χ1v) is 7.63. The number of hydrogen-bond acceptors (Lipinski definition) is 3. The topological polar surface area (TPSA) is 55.6 Å². The molecule has 1 aliphatic rings. The Morgan fingerprint density at radius 3 is 2.48 bits per heavy atom. The number of carbonyl (C=O) groups excluding carboxylic acids is 1. The molecule has 4 nitrogen and oxygen atoms in total. The zero-order valence-electron chi connectivity index (χ0n) is 12.8. The molecule has 1 heterocycles. The Morgan fingerprint density at radius 2 is 1.95 bits per heavy atom. The van der Waals surface area contributed by atoms with Crippen LogP contribution < -0.4 is 5.73 Å². The Labute approximate surface area is 131 Å². The number of amides is 1. The zero-order valence-corrected chi connectivity index (χ0v) is 13.6. The molecule has 2 N–H and O–H groups in total. The van der Waals surface area contributed by atoms with Crippen LogP contribution in [0, 0.1) is 0 Å². The molecule has 0 spiro atoms. The van der Waals surface area contributed by atoms with E-state index in [1.807, 2.05) is 45.0 Å². The van der Waals surface area contributed by atoms with Crippen molar-refractivity contribution in [2.75, 3.05) is 13.1 Å². The van der Waals surface area contributed by atoms with E-state index in [0.717, 1.165) is 11.4 Å². The molecule has 1 fully saturated rings. The highest BCUT2D eigenvalue weighted by atomic mass is 35.5. The Kier molecular flexibility index (Phi) is 4.79. The summed E-state index contributed by atoms with van der Waals surface area (Å²) in [4.78, 5) is 13.8. The van der Waals surface area contributed by atoms with Gasteiger partial charge in [-0.1, -0.05) is 23.7 Å². The van der Waals surface area contributed by atoms with Gasteiger partial charge in [-0.05, 0) is 44.9 Å². The van der Waals surface area contributed by atoms with Crippen molar-refractivity contribution >= 4 is 17.7 Å². The predicted octanol–water partition coefficient (Wildman–Crippen LogP) is 3.39. The van der Waals surface area contributed by atoms with Crippen molar-refractivity contribution in [3.05, 3.63) is 34.9 Å². The molecule has 1 saturated heterocycles. The molecule has 1 aliphatic heterocycles. The van der Waals surface area contributed by atoms with Gasteiger partial charge in [-0.15, -0.1) is 0 Å². The van der Waals surface area contributed by atoms with Crippen LogP contribution in [-0.2, 0) is 4.74 Å². The standard InChI is InChI=1S/C16H23ClN2O2/c1-16(2,3)21-15(20)19-9-8-13(14(18)10-19)11-4-6-12(17)7-5-11/h4-7,13-14H,8-10,18H2,1-3H3. The van der Waals surface area contributed by atoms with Gasteiger partial charge in [0.1, 0.15) is 5.60 Å². The lowest BCUT2D eigenvalue weighted by atomic mass is 9.86. The van der Waals surface area contributed by atoms with E-state index in [-0.39, 0.29) is 18.1 Å². The quantitative estimate of drug-likeness (QED) is 0.865. The fourth-order valence-electron chi connectivity index (χ4n) is 2.60. The molecule has 2 unspecified atom stereocenters. The smallest absolute Gasteiger partial charge is 0.410 e. The number of piperidine rings is 1. The fraction of sp³-hybridized carbons (Fsp3) is 0.562. The molecule has 1 aromatic rings. The van der Waals surface area contributed by atoms with E-state index < -0.39 is 5.60 Å². The van der Waals surface area contributed by atoms with Crippen LogP contribution in [0.15, 0.2) is 24.3 Å². The van der Waals surface area contributed by atoms with Gasteiger partial charge in [0.25, 0.3) is 0 Å². The number of halogens is 1. The number of nitrogens with two attached hydrogens (primary N) is 1. The first kappa shape index (κ1) is 16.1. The van der Waals surface area contributed by atoms with Crippen molar-refractivity contribution in [1.29, 1.82) is 0 Å². The Balaban J connectivity index is 1.99. The maximum absolute atomic E-state index is 12.1. The second-order valence-corrected chi connectivity index (χ2v) is 6.97. The zero-order chi connectivity index (χ0) is 15.6. The highest BCUT2D eigenvalue weighted by molar-refractivity contribution is 6.30. The summed E-state index contributed by atoms with van der Waals surface area (Å²) in [5.41, 5.74) is 6.96. The minimum Gasteiger partial charge on any atom is -0.444 e. The van der Waals surface area contributed by atoms with E-state index in [2.05, 4.69) is 0 Å². The Bertz CT molecular complexity index is 496. The minimum absolute atomic E-state index is 0.0903. The summed E-state index contributed by atoms with van der Waals surface area (Å²) >= 11 is 5.91. The number of hydrogen-bond donors (Lipinski definition) is 1. The number of rotatable bonds is 1. The largest absolute Gasteiger partial charge is 0.444 e. The van der Waals surface area contributed by atoms with Crippen molar-refractivity contribution in [1.82, 2.24) is 4.90 Å². The maximum atomic E-state index is 12.1. The summed E-state index contributed by atoms with van der Waals surface area (Å²) in [5.74, 6) is 0.251. The molecule has 1 amide bonds. The molecule has 2 rings (SSSR count). The van der Waals surface area contributed by atoms with E-state index in [1.54, 1.807) is 4.90 Å². The predicted molar refractivity (Wildman–Crippen MR) is 84.6 cm³/mol. The van der Waals surface area contributed by atoms with Crippen LogP contribution in [0.3, 0.4) is 0 Å². The average Bonchev–Trinajstić information content (AvgIpc) is 2.38. The van der Waals surface area contributed by atoms with Gasteiger partial charge >= 0.3 is 6.09 Å². The molecule has 0 aliphatic carbocycles. The van der Waals surface area contributed by atoms with E-state index in [4.69, 9.17) is 22.1 Å². The average molecular weight is 311 g/mol. The van der Waals surface area contributed by atoms with Gasteiger partial charge in [-0.2, -0.15) is 0 Å². The van der Waals surface area contributed by atoms with Gasteiger partial charge in [0.2, 0.25) is 0 Å². The summed E-state index contributed by atoms with van der Waals surface area (Å²) in [6.07, 6.45) is 0.551. The second-order valence-electron chi connectivity index (χ2n) is 6.54. The summed E-state index contributed by atoms with van der Waals surface area (Å²) in [7, 11) is 0. The molecule has 1 aromatic carbocycles. The molecule has 0 saturated carbocycles. The molecule has 2 atom stereocenters. The first-order chi connectivity index (χ1) is 9.76. The third-order valence-electron chi connectivity index (χ3n) is 3.61. The summed E-state index contributed by atoms with van der Waals surface area (Å²) in [5, 5.41) is 0.721. The maximum Gasteiger partial charge on any atom is 0.410 e. The van der Waals surface area contributed by atoms with Crippen LogP contribution in [0.25, 0.3) is 0 Å². The van der Waals surface area contributed by atoms with Crippen molar-refractivity contribution in [2.45, 2.75) is 44.8 Å². The van der Waals surface area contributed by atoms with Crippen LogP contribution in [0.4, 0.5) is 4.79 Å². The minimum atomic E-state index is -0.478. The van der Waals surface area contributed by atoms with Crippen LogP contribution in [0.5, 0.6) is 0 Å². The van der Waals surface area contributed by atoms with Crippen LogP contribution in [0.2, 0.25) is 5.02 Å². The molecule has 0 aromatic heterocycles. The van der Waals surface area contributed by atoms with E-state index in [1.165, 1.54) is 5.56 Å². The fourth-order valence-corrected chi connectivity index (χ4v) is 2.72. The van der Waals surface area contributed by atoms with Crippen molar-refractivity contribution < 1.29 is 9.53 Å². The summed E-state index contributed by atoms with van der Waals surface area (Å²) in [6, 6.07) is 7.69. The molecule has 21 heavy (non-hydrogen) atoms. The molecule has 0 radical (unpaired) electrons. The van der Waals surface area contributed by atoms with Gasteiger partial charge in [0.15, 0.2) is 0 Å². The molecule has 0 bridgehead atoms. The van der Waals surface area contributed by atoms with Gasteiger partial charge in [-0.3, -0.25) is 0 Å². The van der Waals surface area contributed by atoms with Gasteiger partial charge in [0, 0.05) is 30.1 Å². The lowest BCUT2D eigenvalue weighted by molar-refractivity contribution is 0.0186. The van der Waals surface area contributed by atoms with E-state index in [0.29, 0.717) is 13.1 Å². The van der Waals surface area contributed by atoms with Crippen molar-refractivity contribution in [3.8, 4) is 0 Å². The third kappa shape index (κ3) is 4.35. The third-order valence-corrected chi connectivity index (χ3v) is 3.86. The first-order valence-electron chi connectivity index (χ1n) is 7.25. The molecular weight excluding hydrogens is 288 g/mol. The lowest BCUT2D eigenvalue weighted by Crippen LogP contribution is -2.50. The molecule has 116 valence electrons. The van der Waals surface area contributed by atoms with Gasteiger partial charge in [-0.25, -0.2) is 4.79 Å². The Hall–Kier alpha value is -1.26. The van der Waals surface area contributed by atoms with Gasteiger partial charge in [0.05, 0.1) is 0 Å². The second kappa shape index (κ2) is 6.24. The van der Waals surface area contributed by atoms with Crippen LogP contribution >= 0.6 is 11.6 Å². The number of ether oxygens (including phenoxy) is 1. The van der Waals surface area contributed by atoms with Crippen molar-refractivity contribution in [3.63, 3.8) is 0 Å². The SMILES string of the molecule is CC(C)(C)OC(=O)N1CCC(c2ccc(Cl)cc2)C(N)C1.